The Balaban J connectivity index is 2.76. The Morgan fingerprint density at radius 3 is 2.50 bits per heavy atom. The van der Waals surface area contributed by atoms with Crippen LogP contribution < -0.4 is 0 Å². The molecule has 1 aliphatic rings. The van der Waals surface area contributed by atoms with Crippen LogP contribution in [0.1, 0.15) is 13.8 Å². The number of cyclic esters (lactones) is 2. The molecule has 0 bridgehead atoms. The third kappa shape index (κ3) is 0.988. The summed E-state index contributed by atoms with van der Waals surface area (Å²) in [4.78, 5) is 10.5. The number of carbonyl (C=O) groups excluding carboxylic acids is 1. The minimum absolute atomic E-state index is 0.319. The number of hydrogen-bond donors (Lipinski definition) is 0. The van der Waals surface area contributed by atoms with Gasteiger partial charge in [0.05, 0.1) is 0 Å². The minimum atomic E-state index is -0.616. The van der Waals surface area contributed by atoms with E-state index in [0.717, 1.165) is 0 Å². The van der Waals surface area contributed by atoms with E-state index in [1.807, 2.05) is 0 Å². The van der Waals surface area contributed by atoms with E-state index in [1.54, 1.807) is 19.9 Å². The average molecular weight is 142 g/mol. The van der Waals surface area contributed by atoms with E-state index in [4.69, 9.17) is 9.47 Å². The Morgan fingerprint density at radius 1 is 1.70 bits per heavy atom. The Hall–Kier alpha value is -0.990. The summed E-state index contributed by atoms with van der Waals surface area (Å²) in [5, 5.41) is 0. The molecule has 0 saturated carbocycles. The molecule has 56 valence electrons. The number of rotatable bonds is 1. The van der Waals surface area contributed by atoms with Crippen LogP contribution in [0.3, 0.4) is 0 Å². The zero-order valence-electron chi connectivity index (χ0n) is 6.09. The molecule has 1 aliphatic heterocycles. The van der Waals surface area contributed by atoms with Gasteiger partial charge in [0.15, 0.2) is 11.7 Å². The predicted octanol–water partition coefficient (Wildman–Crippen LogP) is 1.49. The summed E-state index contributed by atoms with van der Waals surface area (Å²) in [6.45, 7) is 7.08. The minimum Gasteiger partial charge on any atom is -0.424 e. The molecule has 3 nitrogen and oxygen atoms in total. The lowest BCUT2D eigenvalue weighted by atomic mass is 10.0. The Morgan fingerprint density at radius 2 is 2.30 bits per heavy atom. The summed E-state index contributed by atoms with van der Waals surface area (Å²) >= 11 is 0. The fourth-order valence-corrected chi connectivity index (χ4v) is 0.874. The monoisotopic (exact) mass is 142 g/mol. The molecule has 1 fully saturated rings. The molecule has 1 heterocycles. The van der Waals surface area contributed by atoms with E-state index in [2.05, 4.69) is 6.58 Å². The van der Waals surface area contributed by atoms with Crippen LogP contribution in [0, 0.1) is 0 Å². The second-order valence-corrected chi connectivity index (χ2v) is 2.73. The Bertz CT molecular complexity index is 172. The van der Waals surface area contributed by atoms with Gasteiger partial charge < -0.3 is 9.47 Å². The first kappa shape index (κ1) is 7.12. The highest BCUT2D eigenvalue weighted by atomic mass is 16.8. The lowest BCUT2D eigenvalue weighted by Gasteiger charge is -2.17. The summed E-state index contributed by atoms with van der Waals surface area (Å²) in [5.41, 5.74) is -0.557. The molecule has 0 aromatic heterocycles. The van der Waals surface area contributed by atoms with Crippen molar-refractivity contribution in [1.29, 1.82) is 0 Å². The first-order valence-corrected chi connectivity index (χ1v) is 3.08. The maximum absolute atomic E-state index is 10.5. The summed E-state index contributed by atoms with van der Waals surface area (Å²) in [6.07, 6.45) is 0.625. The lowest BCUT2D eigenvalue weighted by Crippen LogP contribution is -2.30. The number of ether oxygens (including phenoxy) is 2. The van der Waals surface area contributed by atoms with E-state index >= 15 is 0 Å². The van der Waals surface area contributed by atoms with Crippen LogP contribution in [-0.2, 0) is 9.47 Å². The molecular formula is C7H10O3. The van der Waals surface area contributed by atoms with Crippen molar-refractivity contribution < 1.29 is 14.3 Å². The molecule has 0 N–H and O–H groups in total. The van der Waals surface area contributed by atoms with Crippen LogP contribution in [0.5, 0.6) is 0 Å². The summed E-state index contributed by atoms with van der Waals surface area (Å²) in [6, 6.07) is 0. The molecule has 0 amide bonds. The molecule has 1 atom stereocenters. The highest BCUT2D eigenvalue weighted by Crippen LogP contribution is 2.26. The van der Waals surface area contributed by atoms with Crippen molar-refractivity contribution in [1.82, 2.24) is 0 Å². The van der Waals surface area contributed by atoms with Crippen molar-refractivity contribution in [2.45, 2.75) is 25.6 Å². The first-order valence-electron chi connectivity index (χ1n) is 3.08. The third-order valence-electron chi connectivity index (χ3n) is 1.47. The van der Waals surface area contributed by atoms with Crippen LogP contribution in [0.2, 0.25) is 0 Å². The van der Waals surface area contributed by atoms with Crippen LogP contribution in [0.4, 0.5) is 4.79 Å². The molecular weight excluding hydrogens is 132 g/mol. The second kappa shape index (κ2) is 2.01. The molecule has 0 aromatic rings. The van der Waals surface area contributed by atoms with Gasteiger partial charge >= 0.3 is 6.16 Å². The molecule has 0 aliphatic carbocycles. The van der Waals surface area contributed by atoms with Gasteiger partial charge in [0.2, 0.25) is 0 Å². The van der Waals surface area contributed by atoms with Crippen LogP contribution in [-0.4, -0.2) is 17.9 Å². The van der Waals surface area contributed by atoms with Gasteiger partial charge in [-0.2, -0.15) is 0 Å². The number of carbonyl (C=O) groups is 1. The maximum Gasteiger partial charge on any atom is 0.509 e. The summed E-state index contributed by atoms with van der Waals surface area (Å²) in [7, 11) is 0. The number of hydrogen-bond acceptors (Lipinski definition) is 3. The van der Waals surface area contributed by atoms with Crippen LogP contribution in [0.15, 0.2) is 12.7 Å². The largest absolute Gasteiger partial charge is 0.509 e. The van der Waals surface area contributed by atoms with Gasteiger partial charge in [0.25, 0.3) is 0 Å². The van der Waals surface area contributed by atoms with Gasteiger partial charge in [0, 0.05) is 0 Å². The molecule has 0 spiro atoms. The van der Waals surface area contributed by atoms with E-state index in [9.17, 15) is 4.79 Å². The van der Waals surface area contributed by atoms with Gasteiger partial charge in [-0.25, -0.2) is 4.79 Å². The molecule has 0 unspecified atom stereocenters. The molecule has 10 heavy (non-hydrogen) atoms. The zero-order valence-corrected chi connectivity index (χ0v) is 6.09. The van der Waals surface area contributed by atoms with Crippen molar-refractivity contribution in [2.24, 2.45) is 0 Å². The van der Waals surface area contributed by atoms with Crippen LogP contribution in [0.25, 0.3) is 0 Å². The van der Waals surface area contributed by atoms with Crippen molar-refractivity contribution >= 4 is 6.16 Å². The van der Waals surface area contributed by atoms with Gasteiger partial charge in [-0.1, -0.05) is 6.58 Å². The Kier molecular flexibility index (Phi) is 1.43. The van der Waals surface area contributed by atoms with E-state index < -0.39 is 11.8 Å². The standard InChI is InChI=1S/C7H10O3/c1-4-5-7(2,3)10-6(8)9-5/h4-5H,1H2,2-3H3/t5-/m1/s1. The van der Waals surface area contributed by atoms with Crippen molar-refractivity contribution in [3.05, 3.63) is 12.7 Å². The summed E-state index contributed by atoms with van der Waals surface area (Å²) < 4.78 is 9.57. The van der Waals surface area contributed by atoms with E-state index in [-0.39, 0.29) is 6.10 Å². The van der Waals surface area contributed by atoms with Gasteiger partial charge in [-0.3, -0.25) is 0 Å². The quantitative estimate of drug-likeness (QED) is 0.411. The highest BCUT2D eigenvalue weighted by molar-refractivity contribution is 5.63. The average Bonchev–Trinajstić information content (AvgIpc) is 2.04. The SMILES string of the molecule is C=C[C@H]1OC(=O)OC1(C)C. The first-order chi connectivity index (χ1) is 4.56. The Labute approximate surface area is 59.6 Å². The molecule has 1 rings (SSSR count). The fraction of sp³-hybridized carbons (Fsp3) is 0.571. The highest BCUT2D eigenvalue weighted by Gasteiger charge is 2.41. The molecule has 1 saturated heterocycles. The van der Waals surface area contributed by atoms with Crippen molar-refractivity contribution in [3.63, 3.8) is 0 Å². The predicted molar refractivity (Wildman–Crippen MR) is 35.6 cm³/mol. The van der Waals surface area contributed by atoms with Crippen molar-refractivity contribution in [3.8, 4) is 0 Å². The van der Waals surface area contributed by atoms with Crippen LogP contribution >= 0.6 is 0 Å². The molecule has 0 radical (unpaired) electrons. The van der Waals surface area contributed by atoms with E-state index in [0.29, 0.717) is 0 Å². The molecule has 3 heteroatoms. The molecule has 0 aromatic carbocycles. The lowest BCUT2D eigenvalue weighted by molar-refractivity contribution is 0.0765. The van der Waals surface area contributed by atoms with Gasteiger partial charge in [-0.05, 0) is 19.9 Å². The second-order valence-electron chi connectivity index (χ2n) is 2.73. The maximum atomic E-state index is 10.5. The topological polar surface area (TPSA) is 35.5 Å². The summed E-state index contributed by atoms with van der Waals surface area (Å²) in [5.74, 6) is 0. The smallest absolute Gasteiger partial charge is 0.424 e. The zero-order chi connectivity index (χ0) is 7.78. The van der Waals surface area contributed by atoms with Gasteiger partial charge in [-0.15, -0.1) is 0 Å². The van der Waals surface area contributed by atoms with E-state index in [1.165, 1.54) is 0 Å². The fourth-order valence-electron chi connectivity index (χ4n) is 0.874. The van der Waals surface area contributed by atoms with Crippen molar-refractivity contribution in [2.75, 3.05) is 0 Å². The van der Waals surface area contributed by atoms with Gasteiger partial charge in [0.1, 0.15) is 0 Å². The third-order valence-corrected chi connectivity index (χ3v) is 1.47. The normalized spacial score (nSPS) is 29.0.